The van der Waals surface area contributed by atoms with Crippen LogP contribution in [0.4, 0.5) is 0 Å². The Bertz CT molecular complexity index is 659. The monoisotopic (exact) mass is 436 g/mol. The van der Waals surface area contributed by atoms with E-state index in [0.29, 0.717) is 64.2 Å². The number of aliphatic hydroxyl groups is 2. The maximum Gasteiger partial charge on any atom is 0.150 e. The molecule has 0 bridgehead atoms. The van der Waals surface area contributed by atoms with Crippen molar-refractivity contribution in [3.05, 3.63) is 25.3 Å². The fourth-order valence-corrected chi connectivity index (χ4v) is 6.24. The standard InChI is InChI=1S/2C10H18O3S/c2*1-3-6-10(11)7-4-9(5-8-10)14(2,12)13/h2*3,9,11H,1,4-8H2,2H3. The van der Waals surface area contributed by atoms with Crippen LogP contribution < -0.4 is 0 Å². The van der Waals surface area contributed by atoms with Crippen LogP contribution in [0.5, 0.6) is 0 Å². The smallest absolute Gasteiger partial charge is 0.150 e. The van der Waals surface area contributed by atoms with Crippen LogP contribution in [0.3, 0.4) is 0 Å². The molecule has 0 amide bonds. The van der Waals surface area contributed by atoms with Crippen molar-refractivity contribution >= 4 is 19.7 Å². The molecule has 2 saturated carbocycles. The highest BCUT2D eigenvalue weighted by Crippen LogP contribution is 2.34. The first kappa shape index (κ1) is 25.3. The molecular weight excluding hydrogens is 400 g/mol. The Morgan fingerprint density at radius 2 is 1.00 bits per heavy atom. The topological polar surface area (TPSA) is 109 Å². The first-order valence-electron chi connectivity index (χ1n) is 9.79. The van der Waals surface area contributed by atoms with Gasteiger partial charge in [-0.15, -0.1) is 13.2 Å². The SMILES string of the molecule is C=CCC1(O)CCC(S(C)(=O)=O)CC1.C=CCC1(O)CCC(S(C)(=O)=O)CC1. The fraction of sp³-hybridized carbons (Fsp3) is 0.800. The minimum absolute atomic E-state index is 0.257. The van der Waals surface area contributed by atoms with Gasteiger partial charge in [-0.1, -0.05) is 12.2 Å². The van der Waals surface area contributed by atoms with Crippen LogP contribution >= 0.6 is 0 Å². The quantitative estimate of drug-likeness (QED) is 0.620. The molecule has 0 aromatic rings. The Balaban J connectivity index is 0.000000280. The summed E-state index contributed by atoms with van der Waals surface area (Å²) in [4.78, 5) is 0. The number of hydrogen-bond acceptors (Lipinski definition) is 6. The lowest BCUT2D eigenvalue weighted by Crippen LogP contribution is -2.37. The molecule has 2 fully saturated rings. The Labute approximate surface area is 170 Å². The number of rotatable bonds is 6. The van der Waals surface area contributed by atoms with E-state index in [1.807, 2.05) is 0 Å². The van der Waals surface area contributed by atoms with Gasteiger partial charge in [0.2, 0.25) is 0 Å². The Kier molecular flexibility index (Phi) is 8.93. The van der Waals surface area contributed by atoms with E-state index in [4.69, 9.17) is 0 Å². The van der Waals surface area contributed by atoms with E-state index in [1.165, 1.54) is 12.5 Å². The highest BCUT2D eigenvalue weighted by Gasteiger charge is 2.36. The molecule has 0 unspecified atom stereocenters. The summed E-state index contributed by atoms with van der Waals surface area (Å²) in [6.07, 6.45) is 11.6. The predicted molar refractivity (Wildman–Crippen MR) is 114 cm³/mol. The summed E-state index contributed by atoms with van der Waals surface area (Å²) in [5, 5.41) is 19.5. The number of hydrogen-bond donors (Lipinski definition) is 2. The van der Waals surface area contributed by atoms with Crippen LogP contribution in [-0.4, -0.2) is 61.3 Å². The Hall–Kier alpha value is -0.700. The van der Waals surface area contributed by atoms with Crippen molar-refractivity contribution in [2.75, 3.05) is 12.5 Å². The summed E-state index contributed by atoms with van der Waals surface area (Å²) in [7, 11) is -5.86. The molecule has 28 heavy (non-hydrogen) atoms. The van der Waals surface area contributed by atoms with E-state index in [1.54, 1.807) is 12.2 Å². The predicted octanol–water partition coefficient (Wildman–Crippen LogP) is 2.56. The molecule has 2 rings (SSSR count). The molecule has 0 aromatic heterocycles. The van der Waals surface area contributed by atoms with Gasteiger partial charge in [0.15, 0.2) is 0 Å². The molecule has 0 spiro atoms. The molecule has 0 saturated heterocycles. The zero-order valence-electron chi connectivity index (χ0n) is 17.1. The summed E-state index contributed by atoms with van der Waals surface area (Å²) in [6, 6.07) is 0. The maximum absolute atomic E-state index is 11.3. The second-order valence-corrected chi connectivity index (χ2v) is 13.1. The van der Waals surface area contributed by atoms with Crippen molar-refractivity contribution in [1.29, 1.82) is 0 Å². The van der Waals surface area contributed by atoms with Crippen LogP contribution in [0.25, 0.3) is 0 Å². The summed E-state index contributed by atoms with van der Waals surface area (Å²) in [5.41, 5.74) is -1.41. The van der Waals surface area contributed by atoms with Gasteiger partial charge in [0.1, 0.15) is 19.7 Å². The van der Waals surface area contributed by atoms with Crippen molar-refractivity contribution in [3.63, 3.8) is 0 Å². The molecule has 2 aliphatic rings. The first-order chi connectivity index (χ1) is 12.7. The van der Waals surface area contributed by atoms with E-state index in [2.05, 4.69) is 13.2 Å². The third kappa shape index (κ3) is 7.97. The van der Waals surface area contributed by atoms with E-state index in [-0.39, 0.29) is 10.5 Å². The van der Waals surface area contributed by atoms with Crippen molar-refractivity contribution in [2.45, 2.75) is 85.9 Å². The zero-order chi connectivity index (χ0) is 21.6. The van der Waals surface area contributed by atoms with Crippen LogP contribution in [0, 0.1) is 0 Å². The second kappa shape index (κ2) is 9.87. The molecule has 2 N–H and O–H groups in total. The molecule has 2 aliphatic carbocycles. The fourth-order valence-electron chi connectivity index (χ4n) is 4.06. The van der Waals surface area contributed by atoms with Gasteiger partial charge in [-0.3, -0.25) is 0 Å². The van der Waals surface area contributed by atoms with Crippen molar-refractivity contribution in [1.82, 2.24) is 0 Å². The van der Waals surface area contributed by atoms with Gasteiger partial charge in [-0.05, 0) is 64.2 Å². The van der Waals surface area contributed by atoms with E-state index >= 15 is 0 Å². The summed E-state index contributed by atoms with van der Waals surface area (Å²) < 4.78 is 45.0. The van der Waals surface area contributed by atoms with E-state index < -0.39 is 30.9 Å². The minimum atomic E-state index is -2.93. The maximum atomic E-state index is 11.3. The van der Waals surface area contributed by atoms with Crippen LogP contribution in [0.1, 0.15) is 64.2 Å². The molecular formula is C20H36O6S2. The molecule has 0 aliphatic heterocycles. The molecule has 6 nitrogen and oxygen atoms in total. The summed E-state index contributed by atoms with van der Waals surface area (Å²) in [5.74, 6) is 0. The highest BCUT2D eigenvalue weighted by atomic mass is 32.2. The zero-order valence-corrected chi connectivity index (χ0v) is 18.8. The van der Waals surface area contributed by atoms with Crippen LogP contribution in [0.2, 0.25) is 0 Å². The van der Waals surface area contributed by atoms with Crippen molar-refractivity contribution < 1.29 is 27.0 Å². The lowest BCUT2D eigenvalue weighted by molar-refractivity contribution is 0.00748. The van der Waals surface area contributed by atoms with Gasteiger partial charge in [-0.25, -0.2) is 16.8 Å². The second-order valence-electron chi connectivity index (χ2n) is 8.49. The average molecular weight is 437 g/mol. The van der Waals surface area contributed by atoms with Crippen LogP contribution in [0.15, 0.2) is 25.3 Å². The molecule has 0 atom stereocenters. The molecule has 0 heterocycles. The minimum Gasteiger partial charge on any atom is -0.390 e. The van der Waals surface area contributed by atoms with Gasteiger partial charge in [0.25, 0.3) is 0 Å². The largest absolute Gasteiger partial charge is 0.390 e. The lowest BCUT2D eigenvalue weighted by Gasteiger charge is -2.34. The van der Waals surface area contributed by atoms with Crippen molar-refractivity contribution in [2.24, 2.45) is 0 Å². The lowest BCUT2D eigenvalue weighted by atomic mass is 9.82. The van der Waals surface area contributed by atoms with E-state index in [0.717, 1.165) is 0 Å². The van der Waals surface area contributed by atoms with E-state index in [9.17, 15) is 27.0 Å². The van der Waals surface area contributed by atoms with Gasteiger partial charge < -0.3 is 10.2 Å². The summed E-state index contributed by atoms with van der Waals surface area (Å²) in [6.45, 7) is 7.18. The van der Waals surface area contributed by atoms with Gasteiger partial charge in [0.05, 0.1) is 21.7 Å². The van der Waals surface area contributed by atoms with Gasteiger partial charge >= 0.3 is 0 Å². The Morgan fingerprint density at radius 3 is 1.18 bits per heavy atom. The highest BCUT2D eigenvalue weighted by molar-refractivity contribution is 7.91. The molecule has 0 radical (unpaired) electrons. The average Bonchev–Trinajstić information content (AvgIpc) is 2.54. The van der Waals surface area contributed by atoms with Crippen molar-refractivity contribution in [3.8, 4) is 0 Å². The van der Waals surface area contributed by atoms with Gasteiger partial charge in [0, 0.05) is 12.5 Å². The third-order valence-corrected chi connectivity index (χ3v) is 9.35. The normalized spacial score (nSPS) is 34.0. The third-order valence-electron chi connectivity index (χ3n) is 5.99. The van der Waals surface area contributed by atoms with Gasteiger partial charge in [-0.2, -0.15) is 0 Å². The molecule has 8 heteroatoms. The summed E-state index contributed by atoms with van der Waals surface area (Å²) >= 11 is 0. The Morgan fingerprint density at radius 1 is 0.750 bits per heavy atom. The number of sulfone groups is 2. The van der Waals surface area contributed by atoms with Crippen LogP contribution in [-0.2, 0) is 19.7 Å². The molecule has 164 valence electrons. The first-order valence-corrected chi connectivity index (χ1v) is 13.7. The molecule has 0 aromatic carbocycles.